The number of halogens is 1. The lowest BCUT2D eigenvalue weighted by atomic mass is 10.1. The molecule has 1 aliphatic rings. The molecule has 0 aromatic heterocycles. The van der Waals surface area contributed by atoms with Crippen LogP contribution in [0.3, 0.4) is 0 Å². The Kier molecular flexibility index (Phi) is 5.00. The second kappa shape index (κ2) is 7.22. The van der Waals surface area contributed by atoms with Crippen LogP contribution in [0.15, 0.2) is 53.6 Å². The number of benzene rings is 2. The van der Waals surface area contributed by atoms with Crippen molar-refractivity contribution in [1.29, 1.82) is 0 Å². The predicted octanol–water partition coefficient (Wildman–Crippen LogP) is 4.01. The van der Waals surface area contributed by atoms with Crippen LogP contribution in [0, 0.1) is 0 Å². The van der Waals surface area contributed by atoms with Crippen molar-refractivity contribution in [2.45, 2.75) is 20.0 Å². The van der Waals surface area contributed by atoms with Crippen LogP contribution < -0.4 is 14.4 Å². The summed E-state index contributed by atoms with van der Waals surface area (Å²) in [6.45, 7) is 3.86. The fourth-order valence-corrected chi connectivity index (χ4v) is 2.97. The van der Waals surface area contributed by atoms with E-state index in [1.807, 2.05) is 13.8 Å². The first-order valence-electron chi connectivity index (χ1n) is 8.12. The van der Waals surface area contributed by atoms with E-state index < -0.39 is 11.8 Å². The van der Waals surface area contributed by atoms with Crippen molar-refractivity contribution in [3.8, 4) is 11.5 Å². The van der Waals surface area contributed by atoms with E-state index in [-0.39, 0.29) is 16.7 Å². The lowest BCUT2D eigenvalue weighted by Crippen LogP contribution is -2.31. The lowest BCUT2D eigenvalue weighted by molar-refractivity contribution is -0.119. The van der Waals surface area contributed by atoms with Crippen LogP contribution in [-0.2, 0) is 9.59 Å². The molecule has 26 heavy (non-hydrogen) atoms. The number of imide groups is 1. The van der Waals surface area contributed by atoms with Gasteiger partial charge in [-0.1, -0.05) is 23.7 Å². The first-order valence-corrected chi connectivity index (χ1v) is 8.50. The van der Waals surface area contributed by atoms with E-state index in [1.165, 1.54) is 0 Å². The molecule has 0 atom stereocenters. The Balaban J connectivity index is 1.90. The number of carbonyl (C=O) groups excluding carboxylic acids is 2. The third-order valence-electron chi connectivity index (χ3n) is 3.87. The smallest absolute Gasteiger partial charge is 0.277 e. The van der Waals surface area contributed by atoms with Gasteiger partial charge in [0.15, 0.2) is 0 Å². The molecule has 0 N–H and O–H groups in total. The topological polar surface area (TPSA) is 55.8 Å². The highest BCUT2D eigenvalue weighted by atomic mass is 35.5. The molecule has 0 saturated carbocycles. The highest BCUT2D eigenvalue weighted by Gasteiger charge is 2.39. The molecule has 2 aromatic rings. The van der Waals surface area contributed by atoms with Crippen molar-refractivity contribution in [1.82, 2.24) is 0 Å². The number of rotatable bonds is 5. The maximum Gasteiger partial charge on any atom is 0.277 e. The largest absolute Gasteiger partial charge is 0.497 e. The van der Waals surface area contributed by atoms with Crippen LogP contribution in [0.25, 0.3) is 5.57 Å². The summed E-state index contributed by atoms with van der Waals surface area (Å²) < 4.78 is 10.7. The van der Waals surface area contributed by atoms with Crippen molar-refractivity contribution in [2.24, 2.45) is 0 Å². The highest BCUT2D eigenvalue weighted by Crippen LogP contribution is 2.35. The number of carbonyl (C=O) groups is 2. The quantitative estimate of drug-likeness (QED) is 0.745. The Morgan fingerprint density at radius 1 is 0.885 bits per heavy atom. The molecule has 3 rings (SSSR count). The van der Waals surface area contributed by atoms with Crippen molar-refractivity contribution >= 4 is 34.7 Å². The maximum atomic E-state index is 12.8. The minimum Gasteiger partial charge on any atom is -0.497 e. The standard InChI is InChI=1S/C20H18ClNO4/c1-12(2)26-16-8-4-13(5-9-16)17-18(21)20(24)22(19(17)23)14-6-10-15(25-3)11-7-14/h4-12H,1-3H3. The highest BCUT2D eigenvalue weighted by molar-refractivity contribution is 6.60. The number of ether oxygens (including phenoxy) is 2. The van der Waals surface area contributed by atoms with Gasteiger partial charge in [0.2, 0.25) is 0 Å². The molecule has 5 nitrogen and oxygen atoms in total. The Bertz CT molecular complexity index is 870. The second-order valence-electron chi connectivity index (χ2n) is 6.02. The molecule has 0 saturated heterocycles. The van der Waals surface area contributed by atoms with Gasteiger partial charge < -0.3 is 9.47 Å². The molecule has 0 unspecified atom stereocenters. The minimum absolute atomic E-state index is 0.0453. The van der Waals surface area contributed by atoms with Crippen molar-refractivity contribution in [2.75, 3.05) is 12.0 Å². The van der Waals surface area contributed by atoms with Gasteiger partial charge in [0.1, 0.15) is 16.5 Å². The summed E-state index contributed by atoms with van der Waals surface area (Å²) in [6.07, 6.45) is 0.0453. The Labute approximate surface area is 156 Å². The molecule has 2 amide bonds. The van der Waals surface area contributed by atoms with Crippen LogP contribution in [0.5, 0.6) is 11.5 Å². The van der Waals surface area contributed by atoms with Crippen LogP contribution in [0.1, 0.15) is 19.4 Å². The van der Waals surface area contributed by atoms with Crippen LogP contribution in [-0.4, -0.2) is 25.0 Å². The van der Waals surface area contributed by atoms with Gasteiger partial charge in [0.25, 0.3) is 11.8 Å². The summed E-state index contributed by atoms with van der Waals surface area (Å²) in [6, 6.07) is 13.6. The molecule has 2 aromatic carbocycles. The van der Waals surface area contributed by atoms with Crippen molar-refractivity contribution in [3.63, 3.8) is 0 Å². The molecule has 0 bridgehead atoms. The molecule has 1 heterocycles. The summed E-state index contributed by atoms with van der Waals surface area (Å²) in [5.41, 5.74) is 1.19. The lowest BCUT2D eigenvalue weighted by Gasteiger charge is -2.15. The number of hydrogen-bond acceptors (Lipinski definition) is 4. The summed E-state index contributed by atoms with van der Waals surface area (Å²) >= 11 is 6.20. The molecule has 0 aliphatic carbocycles. The van der Waals surface area contributed by atoms with Gasteiger partial charge in [0, 0.05) is 0 Å². The fourth-order valence-electron chi connectivity index (χ4n) is 2.69. The van der Waals surface area contributed by atoms with E-state index >= 15 is 0 Å². The van der Waals surface area contributed by atoms with Crippen LogP contribution in [0.4, 0.5) is 5.69 Å². The van der Waals surface area contributed by atoms with E-state index in [4.69, 9.17) is 21.1 Å². The second-order valence-corrected chi connectivity index (χ2v) is 6.40. The summed E-state index contributed by atoms with van der Waals surface area (Å²) in [5.74, 6) is 0.319. The fraction of sp³-hybridized carbons (Fsp3) is 0.200. The van der Waals surface area contributed by atoms with Gasteiger partial charge in [-0.3, -0.25) is 9.59 Å². The van der Waals surface area contributed by atoms with E-state index in [1.54, 1.807) is 55.6 Å². The number of anilines is 1. The monoisotopic (exact) mass is 371 g/mol. The molecule has 0 radical (unpaired) electrons. The number of hydrogen-bond donors (Lipinski definition) is 0. The van der Waals surface area contributed by atoms with E-state index in [2.05, 4.69) is 0 Å². The molecular formula is C20H18ClNO4. The average Bonchev–Trinajstić information content (AvgIpc) is 2.85. The SMILES string of the molecule is COc1ccc(N2C(=O)C(Cl)=C(c3ccc(OC(C)C)cc3)C2=O)cc1. The molecule has 0 spiro atoms. The van der Waals surface area contributed by atoms with Gasteiger partial charge in [-0.25, -0.2) is 4.90 Å². The number of amides is 2. The minimum atomic E-state index is -0.542. The predicted molar refractivity (Wildman–Crippen MR) is 100 cm³/mol. The molecule has 1 aliphatic heterocycles. The zero-order chi connectivity index (χ0) is 18.8. The molecular weight excluding hydrogens is 354 g/mol. The first-order chi connectivity index (χ1) is 12.4. The van der Waals surface area contributed by atoms with Crippen LogP contribution >= 0.6 is 11.6 Å². The Morgan fingerprint density at radius 2 is 1.46 bits per heavy atom. The number of nitrogens with zero attached hydrogens (tertiary/aromatic N) is 1. The molecule has 134 valence electrons. The summed E-state index contributed by atoms with van der Waals surface area (Å²) in [7, 11) is 1.55. The van der Waals surface area contributed by atoms with Gasteiger partial charge in [-0.05, 0) is 55.8 Å². The maximum absolute atomic E-state index is 12.8. The normalized spacial score (nSPS) is 14.4. The molecule has 0 fully saturated rings. The average molecular weight is 372 g/mol. The van der Waals surface area contributed by atoms with Gasteiger partial charge in [-0.2, -0.15) is 0 Å². The zero-order valence-electron chi connectivity index (χ0n) is 14.7. The Morgan fingerprint density at radius 3 is 2.00 bits per heavy atom. The van der Waals surface area contributed by atoms with Crippen LogP contribution in [0.2, 0.25) is 0 Å². The molecule has 6 heteroatoms. The third-order valence-corrected chi connectivity index (χ3v) is 4.22. The van der Waals surface area contributed by atoms with Gasteiger partial charge >= 0.3 is 0 Å². The van der Waals surface area contributed by atoms with Crippen molar-refractivity contribution < 1.29 is 19.1 Å². The van der Waals surface area contributed by atoms with E-state index in [0.717, 1.165) is 4.90 Å². The first kappa shape index (κ1) is 18.0. The van der Waals surface area contributed by atoms with Crippen molar-refractivity contribution in [3.05, 3.63) is 59.1 Å². The van der Waals surface area contributed by atoms with E-state index in [0.29, 0.717) is 22.7 Å². The third kappa shape index (κ3) is 3.30. The summed E-state index contributed by atoms with van der Waals surface area (Å²) in [5, 5.41) is -0.0941. The van der Waals surface area contributed by atoms with Gasteiger partial charge in [0.05, 0.1) is 24.5 Å². The van der Waals surface area contributed by atoms with Gasteiger partial charge in [-0.15, -0.1) is 0 Å². The number of methoxy groups -OCH3 is 1. The summed E-state index contributed by atoms with van der Waals surface area (Å²) in [4.78, 5) is 26.4. The Hall–Kier alpha value is -2.79. The zero-order valence-corrected chi connectivity index (χ0v) is 15.4. The van der Waals surface area contributed by atoms with E-state index in [9.17, 15) is 9.59 Å².